The van der Waals surface area contributed by atoms with Crippen molar-refractivity contribution in [3.05, 3.63) is 75.5 Å². The number of thiazole rings is 1. The minimum absolute atomic E-state index is 0.105. The second-order valence-electron chi connectivity index (χ2n) is 9.02. The maximum absolute atomic E-state index is 13.3. The van der Waals surface area contributed by atoms with Crippen LogP contribution in [0.4, 0.5) is 16.6 Å². The van der Waals surface area contributed by atoms with Crippen LogP contribution in [0.2, 0.25) is 0 Å². The molecule has 0 unspecified atom stereocenters. The van der Waals surface area contributed by atoms with Gasteiger partial charge >= 0.3 is 0 Å². The zero-order valence-corrected chi connectivity index (χ0v) is 22.1. The molecular formula is C28H24N6OS2. The van der Waals surface area contributed by atoms with Gasteiger partial charge < -0.3 is 11.5 Å². The molecule has 7 nitrogen and oxygen atoms in total. The monoisotopic (exact) mass is 524 g/mol. The molecule has 0 radical (unpaired) electrons. The molecule has 5 aromatic rings. The lowest BCUT2D eigenvalue weighted by atomic mass is 9.94. The fourth-order valence-electron chi connectivity index (χ4n) is 4.12. The number of hydrogen-bond donors (Lipinski definition) is 3. The van der Waals surface area contributed by atoms with Gasteiger partial charge in [-0.15, -0.1) is 22.7 Å². The van der Waals surface area contributed by atoms with Crippen molar-refractivity contribution in [1.29, 1.82) is 5.26 Å². The molecule has 0 aliphatic carbocycles. The number of nitrogens with zero attached hydrogens (tertiary/aromatic N) is 3. The summed E-state index contributed by atoms with van der Waals surface area (Å²) < 4.78 is 0. The molecular weight excluding hydrogens is 500 g/mol. The zero-order chi connectivity index (χ0) is 26.3. The van der Waals surface area contributed by atoms with Crippen LogP contribution in [0.15, 0.2) is 53.9 Å². The molecule has 0 bridgehead atoms. The lowest BCUT2D eigenvalue weighted by Gasteiger charge is -2.11. The van der Waals surface area contributed by atoms with Gasteiger partial charge in [0.15, 0.2) is 5.13 Å². The Bertz CT molecular complexity index is 1680. The van der Waals surface area contributed by atoms with Crippen LogP contribution < -0.4 is 16.8 Å². The summed E-state index contributed by atoms with van der Waals surface area (Å²) in [5.41, 5.74) is 18.7. The average Bonchev–Trinajstić information content (AvgIpc) is 3.48. The largest absolute Gasteiger partial charge is 0.397 e. The Morgan fingerprint density at radius 1 is 1.03 bits per heavy atom. The second-order valence-corrected chi connectivity index (χ2v) is 10.9. The number of rotatable bonds is 5. The number of carbonyl (C=O) groups excluding carboxylic acids is 1. The van der Waals surface area contributed by atoms with Gasteiger partial charge in [-0.05, 0) is 24.0 Å². The van der Waals surface area contributed by atoms with E-state index in [2.05, 4.69) is 35.2 Å². The van der Waals surface area contributed by atoms with Crippen molar-refractivity contribution >= 4 is 55.4 Å². The Morgan fingerprint density at radius 3 is 2.35 bits per heavy atom. The number of nitrogens with two attached hydrogens (primary N) is 2. The molecule has 1 amide bonds. The Kier molecular flexibility index (Phi) is 6.38. The Labute approximate surface area is 222 Å². The van der Waals surface area contributed by atoms with Crippen LogP contribution in [0.25, 0.3) is 32.6 Å². The highest BCUT2D eigenvalue weighted by Crippen LogP contribution is 2.43. The number of pyridine rings is 1. The van der Waals surface area contributed by atoms with E-state index in [9.17, 15) is 10.1 Å². The topological polar surface area (TPSA) is 131 Å². The van der Waals surface area contributed by atoms with Crippen LogP contribution >= 0.6 is 22.7 Å². The number of carbonyl (C=O) groups is 1. The van der Waals surface area contributed by atoms with E-state index in [1.807, 2.05) is 60.8 Å². The number of hydrogen-bond acceptors (Lipinski definition) is 8. The van der Waals surface area contributed by atoms with Crippen LogP contribution in [-0.2, 0) is 0 Å². The van der Waals surface area contributed by atoms with Crippen molar-refractivity contribution in [1.82, 2.24) is 9.97 Å². The van der Waals surface area contributed by atoms with Crippen molar-refractivity contribution in [2.24, 2.45) is 0 Å². The number of thiophene rings is 1. The van der Waals surface area contributed by atoms with E-state index < -0.39 is 0 Å². The van der Waals surface area contributed by atoms with Gasteiger partial charge in [0.25, 0.3) is 5.91 Å². The number of nitrogens with one attached hydrogen (secondary N) is 1. The van der Waals surface area contributed by atoms with E-state index in [1.165, 1.54) is 16.9 Å². The molecule has 0 aliphatic rings. The van der Waals surface area contributed by atoms with Gasteiger partial charge in [-0.25, -0.2) is 9.97 Å². The van der Waals surface area contributed by atoms with E-state index >= 15 is 0 Å². The fraction of sp³-hybridized carbons (Fsp3) is 0.143. The molecule has 3 heterocycles. The third-order valence-electron chi connectivity index (χ3n) is 6.16. The van der Waals surface area contributed by atoms with Gasteiger partial charge in [0, 0.05) is 21.9 Å². The summed E-state index contributed by atoms with van der Waals surface area (Å²) in [6.45, 7) is 6.26. The highest BCUT2D eigenvalue weighted by Gasteiger charge is 2.25. The van der Waals surface area contributed by atoms with Gasteiger partial charge in [0.05, 0.1) is 11.4 Å². The number of benzene rings is 2. The van der Waals surface area contributed by atoms with Gasteiger partial charge in [-0.1, -0.05) is 67.9 Å². The van der Waals surface area contributed by atoms with E-state index in [0.717, 1.165) is 33.7 Å². The average molecular weight is 525 g/mol. The molecule has 5 rings (SSSR count). The zero-order valence-electron chi connectivity index (χ0n) is 20.5. The van der Waals surface area contributed by atoms with E-state index in [1.54, 1.807) is 0 Å². The quantitative estimate of drug-likeness (QED) is 0.231. The van der Waals surface area contributed by atoms with Crippen molar-refractivity contribution in [3.63, 3.8) is 0 Å². The third kappa shape index (κ3) is 4.53. The standard InChI is InChI=1S/C28H24N6OS2/c1-14(2)16-8-10-18(11-9-16)21-19(12-29)25(31)33-27-22(21)23(30)24(37-27)26(35)34-28-32-20(13-36-28)17-6-4-15(3)5-7-17/h4-11,13-14H,30H2,1-3H3,(H2,31,33)(H,32,34,35). The summed E-state index contributed by atoms with van der Waals surface area (Å²) >= 11 is 2.48. The maximum Gasteiger partial charge on any atom is 0.269 e. The van der Waals surface area contributed by atoms with Crippen LogP contribution in [0.5, 0.6) is 0 Å². The maximum atomic E-state index is 13.3. The SMILES string of the molecule is Cc1ccc(-c2csc(NC(=O)c3sc4nc(N)c(C#N)c(-c5ccc(C(C)C)cc5)c4c3N)n2)cc1. The highest BCUT2D eigenvalue weighted by molar-refractivity contribution is 7.21. The van der Waals surface area contributed by atoms with Crippen molar-refractivity contribution in [3.8, 4) is 28.5 Å². The van der Waals surface area contributed by atoms with Gasteiger partial charge in [-0.3, -0.25) is 10.1 Å². The smallest absolute Gasteiger partial charge is 0.269 e. The number of aryl methyl sites for hydroxylation is 1. The van der Waals surface area contributed by atoms with Gasteiger partial charge in [-0.2, -0.15) is 5.26 Å². The molecule has 0 fully saturated rings. The van der Waals surface area contributed by atoms with Crippen LogP contribution in [-0.4, -0.2) is 15.9 Å². The van der Waals surface area contributed by atoms with Crippen molar-refractivity contribution < 1.29 is 4.79 Å². The summed E-state index contributed by atoms with van der Waals surface area (Å²) in [5, 5.41) is 15.7. The molecule has 0 atom stereocenters. The molecule has 9 heteroatoms. The normalized spacial score (nSPS) is 11.1. The summed E-state index contributed by atoms with van der Waals surface area (Å²) in [5.74, 6) is 0.0863. The van der Waals surface area contributed by atoms with Crippen LogP contribution in [0.1, 0.15) is 46.1 Å². The van der Waals surface area contributed by atoms with E-state index in [-0.39, 0.29) is 23.0 Å². The van der Waals surface area contributed by atoms with E-state index in [0.29, 0.717) is 31.7 Å². The molecule has 3 aromatic heterocycles. The lowest BCUT2D eigenvalue weighted by Crippen LogP contribution is -2.11. The number of anilines is 3. The number of amides is 1. The van der Waals surface area contributed by atoms with Crippen molar-refractivity contribution in [2.75, 3.05) is 16.8 Å². The van der Waals surface area contributed by atoms with Gasteiger partial charge in [0.1, 0.15) is 27.2 Å². The molecule has 5 N–H and O–H groups in total. The summed E-state index contributed by atoms with van der Waals surface area (Å²) in [4.78, 5) is 23.0. The predicted molar refractivity (Wildman–Crippen MR) is 153 cm³/mol. The molecule has 0 saturated carbocycles. The van der Waals surface area contributed by atoms with Crippen LogP contribution in [0, 0.1) is 18.3 Å². The van der Waals surface area contributed by atoms with E-state index in [4.69, 9.17) is 11.5 Å². The van der Waals surface area contributed by atoms with Gasteiger partial charge in [0.2, 0.25) is 0 Å². The number of nitrogen functional groups attached to an aromatic ring is 2. The molecule has 37 heavy (non-hydrogen) atoms. The second kappa shape index (κ2) is 9.65. The summed E-state index contributed by atoms with van der Waals surface area (Å²) in [7, 11) is 0. The number of aromatic nitrogens is 2. The summed E-state index contributed by atoms with van der Waals surface area (Å²) in [6.07, 6.45) is 0. The third-order valence-corrected chi connectivity index (χ3v) is 8.02. The fourth-order valence-corrected chi connectivity index (χ4v) is 5.84. The number of fused-ring (bicyclic) bond motifs is 1. The number of nitriles is 1. The first-order valence-electron chi connectivity index (χ1n) is 11.6. The minimum atomic E-state index is -0.386. The first-order chi connectivity index (χ1) is 17.8. The molecule has 0 saturated heterocycles. The molecule has 2 aromatic carbocycles. The van der Waals surface area contributed by atoms with Crippen molar-refractivity contribution in [2.45, 2.75) is 26.7 Å². The Morgan fingerprint density at radius 2 is 1.70 bits per heavy atom. The summed E-state index contributed by atoms with van der Waals surface area (Å²) in [6, 6.07) is 18.1. The predicted octanol–water partition coefficient (Wildman–Crippen LogP) is 6.81. The first kappa shape index (κ1) is 24.4. The van der Waals surface area contributed by atoms with Crippen LogP contribution in [0.3, 0.4) is 0 Å². The minimum Gasteiger partial charge on any atom is -0.397 e. The molecule has 0 spiro atoms. The Hall–Kier alpha value is -4.26. The first-order valence-corrected chi connectivity index (χ1v) is 13.3. The molecule has 184 valence electrons. The highest BCUT2D eigenvalue weighted by atomic mass is 32.1. The lowest BCUT2D eigenvalue weighted by molar-refractivity contribution is 0.103. The Balaban J connectivity index is 1.54. The molecule has 0 aliphatic heterocycles.